The van der Waals surface area contributed by atoms with Gasteiger partial charge in [0.05, 0.1) is 10.7 Å². The maximum atomic E-state index is 6.14. The van der Waals surface area contributed by atoms with Gasteiger partial charge in [0.1, 0.15) is 0 Å². The molecule has 1 aromatic rings. The molecule has 0 saturated heterocycles. The van der Waals surface area contributed by atoms with E-state index in [4.69, 9.17) is 17.3 Å². The molecule has 0 fully saturated rings. The molecule has 0 amide bonds. The number of halogens is 1. The van der Waals surface area contributed by atoms with Gasteiger partial charge in [-0.2, -0.15) is 0 Å². The largest absolute Gasteiger partial charge is 0.398 e. The summed E-state index contributed by atoms with van der Waals surface area (Å²) in [6.45, 7) is 9.46. The second kappa shape index (κ2) is 4.41. The summed E-state index contributed by atoms with van der Waals surface area (Å²) in [6, 6.07) is 4.02. The Morgan fingerprint density at radius 3 is 2.82 bits per heavy atom. The number of anilines is 2. The van der Waals surface area contributed by atoms with Crippen LogP contribution in [0.2, 0.25) is 5.02 Å². The van der Waals surface area contributed by atoms with Crippen LogP contribution in [0.1, 0.15) is 32.3 Å². The highest BCUT2D eigenvalue weighted by Gasteiger charge is 2.32. The van der Waals surface area contributed by atoms with Crippen molar-refractivity contribution in [2.45, 2.75) is 38.6 Å². The maximum Gasteiger partial charge on any atom is 0.0656 e. The minimum atomic E-state index is 0.171. The van der Waals surface area contributed by atoms with Crippen molar-refractivity contribution in [3.63, 3.8) is 0 Å². The summed E-state index contributed by atoms with van der Waals surface area (Å²) in [7, 11) is 0. The number of fused-ring (bicyclic) bond motifs is 1. The fourth-order valence-corrected chi connectivity index (χ4v) is 2.72. The molecule has 17 heavy (non-hydrogen) atoms. The van der Waals surface area contributed by atoms with Crippen LogP contribution in [0.25, 0.3) is 0 Å². The van der Waals surface area contributed by atoms with Crippen LogP contribution in [0.5, 0.6) is 0 Å². The van der Waals surface area contributed by atoms with Gasteiger partial charge in [-0.25, -0.2) is 0 Å². The highest BCUT2D eigenvalue weighted by Crippen LogP contribution is 2.40. The van der Waals surface area contributed by atoms with Crippen molar-refractivity contribution in [1.82, 2.24) is 0 Å². The van der Waals surface area contributed by atoms with Crippen LogP contribution in [0.4, 0.5) is 11.4 Å². The maximum absolute atomic E-state index is 6.14. The van der Waals surface area contributed by atoms with E-state index in [1.54, 1.807) is 0 Å². The van der Waals surface area contributed by atoms with E-state index in [1.807, 2.05) is 12.1 Å². The molecule has 0 aromatic heterocycles. The lowest BCUT2D eigenvalue weighted by Gasteiger charge is -2.45. The number of hydrogen-bond donors (Lipinski definition) is 1. The molecule has 0 saturated carbocycles. The van der Waals surface area contributed by atoms with Crippen LogP contribution in [0.3, 0.4) is 0 Å². The van der Waals surface area contributed by atoms with Crippen LogP contribution in [-0.4, -0.2) is 12.1 Å². The fourth-order valence-electron chi connectivity index (χ4n) is 2.56. The van der Waals surface area contributed by atoms with Gasteiger partial charge in [0.25, 0.3) is 0 Å². The number of nitrogens with zero attached hydrogens (tertiary/aromatic N) is 1. The van der Waals surface area contributed by atoms with E-state index in [1.165, 1.54) is 11.3 Å². The Bertz CT molecular complexity index is 426. The molecule has 0 atom stereocenters. The zero-order chi connectivity index (χ0) is 12.6. The van der Waals surface area contributed by atoms with Gasteiger partial charge in [0.2, 0.25) is 0 Å². The normalized spacial score (nSPS) is 18.0. The molecule has 1 aromatic carbocycles. The summed E-state index contributed by atoms with van der Waals surface area (Å²) in [5.41, 5.74) is 9.25. The summed E-state index contributed by atoms with van der Waals surface area (Å²) < 4.78 is 0. The van der Waals surface area contributed by atoms with Crippen molar-refractivity contribution in [1.29, 1.82) is 0 Å². The van der Waals surface area contributed by atoms with Crippen LogP contribution >= 0.6 is 11.6 Å². The Morgan fingerprint density at radius 2 is 2.18 bits per heavy atom. The second-order valence-corrected chi connectivity index (χ2v) is 5.73. The van der Waals surface area contributed by atoms with Gasteiger partial charge in [0, 0.05) is 17.8 Å². The smallest absolute Gasteiger partial charge is 0.0656 e. The van der Waals surface area contributed by atoms with Crippen molar-refractivity contribution in [2.75, 3.05) is 17.2 Å². The van der Waals surface area contributed by atoms with Crippen molar-refractivity contribution in [3.05, 3.63) is 29.6 Å². The molecule has 1 aliphatic heterocycles. The predicted octanol–water partition coefficient (Wildman–Crippen LogP) is 3.68. The molecule has 3 heteroatoms. The monoisotopic (exact) mass is 251 g/mol. The molecule has 1 heterocycles. The SMILES string of the molecule is [CH2]CCN1c2cc(Cl)c(N)cc2CCC1(C)C. The van der Waals surface area contributed by atoms with Gasteiger partial charge < -0.3 is 10.6 Å². The van der Waals surface area contributed by atoms with Gasteiger partial charge in [-0.1, -0.05) is 18.5 Å². The van der Waals surface area contributed by atoms with Crippen molar-refractivity contribution in [2.24, 2.45) is 0 Å². The molecule has 93 valence electrons. The Labute approximate surface area is 109 Å². The first kappa shape index (κ1) is 12.6. The number of aryl methyl sites for hydroxylation is 1. The zero-order valence-electron chi connectivity index (χ0n) is 10.6. The molecule has 2 nitrogen and oxygen atoms in total. The number of nitrogens with two attached hydrogens (primary N) is 1. The van der Waals surface area contributed by atoms with E-state index in [0.717, 1.165) is 25.8 Å². The third kappa shape index (κ3) is 2.23. The van der Waals surface area contributed by atoms with E-state index >= 15 is 0 Å². The summed E-state index contributed by atoms with van der Waals surface area (Å²) in [6.07, 6.45) is 3.10. The second-order valence-electron chi connectivity index (χ2n) is 5.32. The van der Waals surface area contributed by atoms with Crippen LogP contribution in [0.15, 0.2) is 12.1 Å². The van der Waals surface area contributed by atoms with Crippen LogP contribution in [0, 0.1) is 6.92 Å². The van der Waals surface area contributed by atoms with Gasteiger partial charge in [-0.15, -0.1) is 0 Å². The summed E-state index contributed by atoms with van der Waals surface area (Å²) in [5, 5.41) is 0.649. The molecule has 1 aliphatic rings. The van der Waals surface area contributed by atoms with Gasteiger partial charge in [-0.3, -0.25) is 0 Å². The quantitative estimate of drug-likeness (QED) is 0.813. The van der Waals surface area contributed by atoms with Gasteiger partial charge in [0.15, 0.2) is 0 Å². The topological polar surface area (TPSA) is 29.3 Å². The summed E-state index contributed by atoms with van der Waals surface area (Å²) in [5.74, 6) is 0. The first-order valence-corrected chi connectivity index (χ1v) is 6.48. The van der Waals surface area contributed by atoms with E-state index in [-0.39, 0.29) is 5.54 Å². The summed E-state index contributed by atoms with van der Waals surface area (Å²) >= 11 is 6.14. The number of benzene rings is 1. The first-order chi connectivity index (χ1) is 7.95. The highest BCUT2D eigenvalue weighted by atomic mass is 35.5. The predicted molar refractivity (Wildman–Crippen MR) is 75.6 cm³/mol. The lowest BCUT2D eigenvalue weighted by Crippen LogP contribution is -2.47. The lowest BCUT2D eigenvalue weighted by molar-refractivity contribution is 0.410. The van der Waals surface area contributed by atoms with Crippen molar-refractivity contribution in [3.8, 4) is 0 Å². The molecule has 2 rings (SSSR count). The minimum Gasteiger partial charge on any atom is -0.398 e. The average Bonchev–Trinajstić information content (AvgIpc) is 2.26. The van der Waals surface area contributed by atoms with Gasteiger partial charge >= 0.3 is 0 Å². The Balaban J connectivity index is 2.48. The molecule has 0 spiro atoms. The molecule has 0 unspecified atom stereocenters. The molecular weight excluding hydrogens is 232 g/mol. The minimum absolute atomic E-state index is 0.171. The van der Waals surface area contributed by atoms with E-state index in [9.17, 15) is 0 Å². The summed E-state index contributed by atoms with van der Waals surface area (Å²) in [4.78, 5) is 2.41. The Kier molecular flexibility index (Phi) is 3.26. The van der Waals surface area contributed by atoms with Crippen molar-refractivity contribution >= 4 is 23.0 Å². The molecule has 2 N–H and O–H groups in total. The van der Waals surface area contributed by atoms with E-state index in [2.05, 4.69) is 25.7 Å². The van der Waals surface area contributed by atoms with Gasteiger partial charge in [-0.05, 0) is 50.8 Å². The Hall–Kier alpha value is -0.890. The fraction of sp³-hybridized carbons (Fsp3) is 0.500. The standard InChI is InChI=1S/C14H20ClN2/c1-4-7-17-13-9-11(15)12(16)8-10(13)5-6-14(17,2)3/h8-9H,1,4-7,16H2,2-3H3. The zero-order valence-corrected chi connectivity index (χ0v) is 11.3. The third-order valence-corrected chi connectivity index (χ3v) is 3.93. The van der Waals surface area contributed by atoms with E-state index in [0.29, 0.717) is 10.7 Å². The molecule has 0 aliphatic carbocycles. The highest BCUT2D eigenvalue weighted by molar-refractivity contribution is 6.33. The number of hydrogen-bond acceptors (Lipinski definition) is 2. The number of nitrogen functional groups attached to an aromatic ring is 1. The first-order valence-electron chi connectivity index (χ1n) is 6.10. The molecule has 0 bridgehead atoms. The van der Waals surface area contributed by atoms with Crippen LogP contribution < -0.4 is 10.6 Å². The van der Waals surface area contributed by atoms with Crippen molar-refractivity contribution < 1.29 is 0 Å². The molecular formula is C14H20ClN2. The third-order valence-electron chi connectivity index (χ3n) is 3.61. The van der Waals surface area contributed by atoms with E-state index < -0.39 is 0 Å². The molecule has 1 radical (unpaired) electrons. The lowest BCUT2D eigenvalue weighted by atomic mass is 9.86. The Morgan fingerprint density at radius 1 is 1.47 bits per heavy atom. The average molecular weight is 252 g/mol. The van der Waals surface area contributed by atoms with Crippen LogP contribution in [-0.2, 0) is 6.42 Å². The number of rotatable bonds is 2.